The van der Waals surface area contributed by atoms with Crippen LogP contribution in [0.15, 0.2) is 36.7 Å². The first-order valence-electron chi connectivity index (χ1n) is 10.6. The van der Waals surface area contributed by atoms with Gasteiger partial charge in [0.15, 0.2) is 5.78 Å². The molecule has 2 aromatic rings. The molecular weight excluding hydrogens is 348 g/mol. The van der Waals surface area contributed by atoms with Gasteiger partial charge >= 0.3 is 0 Å². The van der Waals surface area contributed by atoms with E-state index in [1.165, 1.54) is 32.1 Å². The predicted octanol–water partition coefficient (Wildman–Crippen LogP) is 3.88. The second-order valence-corrected chi connectivity index (χ2v) is 8.24. The SMILES string of the molecule is N[C@H]1CCCN(c2ccncc2CC(=O)c2cccc(C3CCCCC3)n2)C1. The van der Waals surface area contributed by atoms with E-state index < -0.39 is 0 Å². The van der Waals surface area contributed by atoms with Gasteiger partial charge in [-0.3, -0.25) is 9.78 Å². The lowest BCUT2D eigenvalue weighted by Crippen LogP contribution is -2.43. The van der Waals surface area contributed by atoms with E-state index in [2.05, 4.69) is 16.0 Å². The van der Waals surface area contributed by atoms with Crippen LogP contribution in [0.5, 0.6) is 0 Å². The lowest BCUT2D eigenvalue weighted by Gasteiger charge is -2.33. The summed E-state index contributed by atoms with van der Waals surface area (Å²) in [6.07, 6.45) is 12.3. The Morgan fingerprint density at radius 1 is 1.11 bits per heavy atom. The lowest BCUT2D eigenvalue weighted by molar-refractivity contribution is 0.0988. The molecule has 148 valence electrons. The van der Waals surface area contributed by atoms with Crippen LogP contribution >= 0.6 is 0 Å². The molecule has 5 heteroatoms. The van der Waals surface area contributed by atoms with Gasteiger partial charge in [0.05, 0.1) is 0 Å². The number of nitrogens with zero attached hydrogens (tertiary/aromatic N) is 3. The molecule has 0 bridgehead atoms. The third-order valence-electron chi connectivity index (χ3n) is 6.11. The summed E-state index contributed by atoms with van der Waals surface area (Å²) >= 11 is 0. The summed E-state index contributed by atoms with van der Waals surface area (Å²) in [7, 11) is 0. The van der Waals surface area contributed by atoms with E-state index in [1.807, 2.05) is 24.4 Å². The van der Waals surface area contributed by atoms with Crippen LogP contribution in [0.3, 0.4) is 0 Å². The number of aromatic nitrogens is 2. The first kappa shape index (κ1) is 19.1. The number of hydrogen-bond donors (Lipinski definition) is 1. The quantitative estimate of drug-likeness (QED) is 0.800. The molecule has 1 atom stereocenters. The number of Topliss-reactive ketones (excluding diaryl/α,β-unsaturated/α-hetero) is 1. The van der Waals surface area contributed by atoms with E-state index in [-0.39, 0.29) is 11.8 Å². The number of rotatable bonds is 5. The fourth-order valence-electron chi connectivity index (χ4n) is 4.59. The van der Waals surface area contributed by atoms with Crippen LogP contribution in [-0.4, -0.2) is 34.9 Å². The van der Waals surface area contributed by atoms with Crippen molar-refractivity contribution >= 4 is 11.5 Å². The molecule has 0 aromatic carbocycles. The summed E-state index contributed by atoms with van der Waals surface area (Å²) in [5.41, 5.74) is 9.87. The largest absolute Gasteiger partial charge is 0.370 e. The molecule has 0 radical (unpaired) electrons. The van der Waals surface area contributed by atoms with Crippen LogP contribution in [0.1, 0.15) is 72.6 Å². The second kappa shape index (κ2) is 8.82. The monoisotopic (exact) mass is 378 g/mol. The molecule has 2 N–H and O–H groups in total. The highest BCUT2D eigenvalue weighted by Gasteiger charge is 2.22. The third kappa shape index (κ3) is 4.41. The van der Waals surface area contributed by atoms with Crippen molar-refractivity contribution in [2.24, 2.45) is 5.73 Å². The summed E-state index contributed by atoms with van der Waals surface area (Å²) < 4.78 is 0. The van der Waals surface area contributed by atoms with Crippen LogP contribution in [0.4, 0.5) is 5.69 Å². The van der Waals surface area contributed by atoms with Crippen LogP contribution in [0.25, 0.3) is 0 Å². The highest BCUT2D eigenvalue weighted by molar-refractivity contribution is 5.96. The number of pyridine rings is 2. The maximum atomic E-state index is 13.0. The Labute approximate surface area is 167 Å². The van der Waals surface area contributed by atoms with E-state index in [1.54, 1.807) is 6.20 Å². The Hall–Kier alpha value is -2.27. The van der Waals surface area contributed by atoms with E-state index in [9.17, 15) is 4.79 Å². The molecule has 1 saturated carbocycles. The van der Waals surface area contributed by atoms with Crippen molar-refractivity contribution in [3.05, 3.63) is 53.6 Å². The Morgan fingerprint density at radius 2 is 1.96 bits per heavy atom. The van der Waals surface area contributed by atoms with E-state index in [0.29, 0.717) is 18.0 Å². The molecule has 0 amide bonds. The number of carbonyl (C=O) groups excluding carboxylic acids is 1. The minimum atomic E-state index is 0.0632. The van der Waals surface area contributed by atoms with Gasteiger partial charge in [0.25, 0.3) is 0 Å². The first-order chi connectivity index (χ1) is 13.7. The molecule has 3 heterocycles. The maximum absolute atomic E-state index is 13.0. The van der Waals surface area contributed by atoms with Crippen molar-refractivity contribution in [2.75, 3.05) is 18.0 Å². The number of anilines is 1. The summed E-state index contributed by atoms with van der Waals surface area (Å²) in [5, 5.41) is 0. The van der Waals surface area contributed by atoms with E-state index in [4.69, 9.17) is 10.7 Å². The standard InChI is InChI=1S/C23H30N4O/c24-19-8-5-13-27(16-19)22-11-12-25-15-18(22)14-23(28)21-10-4-9-20(26-21)17-6-2-1-3-7-17/h4,9-12,15,17,19H,1-3,5-8,13-14,16,24H2/t19-/m0/s1. The van der Waals surface area contributed by atoms with Crippen LogP contribution in [0, 0.1) is 0 Å². The zero-order chi connectivity index (χ0) is 19.3. The first-order valence-corrected chi connectivity index (χ1v) is 10.6. The van der Waals surface area contributed by atoms with E-state index in [0.717, 1.165) is 42.9 Å². The minimum Gasteiger partial charge on any atom is -0.370 e. The zero-order valence-electron chi connectivity index (χ0n) is 16.5. The van der Waals surface area contributed by atoms with Gasteiger partial charge in [0, 0.05) is 60.8 Å². The third-order valence-corrected chi connectivity index (χ3v) is 6.11. The lowest BCUT2D eigenvalue weighted by atomic mass is 9.86. The maximum Gasteiger partial charge on any atom is 0.185 e. The van der Waals surface area contributed by atoms with Crippen molar-refractivity contribution in [1.82, 2.24) is 9.97 Å². The number of hydrogen-bond acceptors (Lipinski definition) is 5. The average molecular weight is 379 g/mol. The molecule has 1 aliphatic heterocycles. The van der Waals surface area contributed by atoms with Crippen molar-refractivity contribution < 1.29 is 4.79 Å². The molecule has 2 fully saturated rings. The molecule has 2 aliphatic rings. The minimum absolute atomic E-state index is 0.0632. The van der Waals surface area contributed by atoms with Crippen molar-refractivity contribution in [3.8, 4) is 0 Å². The van der Waals surface area contributed by atoms with Gasteiger partial charge < -0.3 is 10.6 Å². The van der Waals surface area contributed by atoms with Gasteiger partial charge in [-0.1, -0.05) is 25.3 Å². The molecule has 5 nitrogen and oxygen atoms in total. The summed E-state index contributed by atoms with van der Waals surface area (Å²) in [6.45, 7) is 1.81. The van der Waals surface area contributed by atoms with Crippen LogP contribution in [0.2, 0.25) is 0 Å². The summed E-state index contributed by atoms with van der Waals surface area (Å²) in [4.78, 5) is 24.3. The summed E-state index contributed by atoms with van der Waals surface area (Å²) in [5.74, 6) is 0.568. The molecule has 2 aromatic heterocycles. The topological polar surface area (TPSA) is 72.1 Å². The van der Waals surface area contributed by atoms with Gasteiger partial charge in [-0.2, -0.15) is 0 Å². The van der Waals surface area contributed by atoms with Gasteiger partial charge in [0.2, 0.25) is 0 Å². The predicted molar refractivity (Wildman–Crippen MR) is 112 cm³/mol. The molecule has 1 saturated heterocycles. The highest BCUT2D eigenvalue weighted by atomic mass is 16.1. The average Bonchev–Trinajstić information content (AvgIpc) is 2.75. The molecule has 0 spiro atoms. The Morgan fingerprint density at radius 3 is 2.79 bits per heavy atom. The molecule has 4 rings (SSSR count). The number of ketones is 1. The normalized spacial score (nSPS) is 20.9. The smallest absolute Gasteiger partial charge is 0.185 e. The number of carbonyl (C=O) groups is 1. The van der Waals surface area contributed by atoms with Crippen LogP contribution < -0.4 is 10.6 Å². The van der Waals surface area contributed by atoms with Crippen molar-refractivity contribution in [3.63, 3.8) is 0 Å². The fraction of sp³-hybridized carbons (Fsp3) is 0.522. The van der Waals surface area contributed by atoms with Crippen molar-refractivity contribution in [1.29, 1.82) is 0 Å². The number of piperidine rings is 1. The molecule has 0 unspecified atom stereocenters. The Kier molecular flexibility index (Phi) is 6.01. The highest BCUT2D eigenvalue weighted by Crippen LogP contribution is 2.31. The van der Waals surface area contributed by atoms with Gasteiger partial charge in [-0.15, -0.1) is 0 Å². The zero-order valence-corrected chi connectivity index (χ0v) is 16.5. The number of nitrogens with two attached hydrogens (primary N) is 1. The van der Waals surface area contributed by atoms with Gasteiger partial charge in [-0.25, -0.2) is 4.98 Å². The fourth-order valence-corrected chi connectivity index (χ4v) is 4.59. The molecular formula is C23H30N4O. The Balaban J connectivity index is 1.51. The second-order valence-electron chi connectivity index (χ2n) is 8.24. The van der Waals surface area contributed by atoms with Gasteiger partial charge in [0.1, 0.15) is 5.69 Å². The van der Waals surface area contributed by atoms with Gasteiger partial charge in [-0.05, 0) is 43.9 Å². The molecule has 1 aliphatic carbocycles. The van der Waals surface area contributed by atoms with Crippen LogP contribution in [-0.2, 0) is 6.42 Å². The summed E-state index contributed by atoms with van der Waals surface area (Å²) in [6, 6.07) is 8.11. The van der Waals surface area contributed by atoms with Crippen molar-refractivity contribution in [2.45, 2.75) is 63.3 Å². The molecule has 28 heavy (non-hydrogen) atoms. The Bertz CT molecular complexity index is 816. The van der Waals surface area contributed by atoms with E-state index >= 15 is 0 Å².